The minimum Gasteiger partial charge on any atom is -0.372 e. The van der Waals surface area contributed by atoms with E-state index in [0.717, 1.165) is 29.9 Å². The number of hydrogen-bond donors (Lipinski definition) is 1. The van der Waals surface area contributed by atoms with Gasteiger partial charge < -0.3 is 15.1 Å². The molecule has 5 rings (SSSR count). The maximum Gasteiger partial charge on any atom is 0.255 e. The van der Waals surface area contributed by atoms with Gasteiger partial charge in [0, 0.05) is 41.6 Å². The fraction of sp³-hybridized carbons (Fsp3) is 0.259. The molecule has 0 bridgehead atoms. The molecule has 1 N–H and O–H groups in total. The summed E-state index contributed by atoms with van der Waals surface area (Å²) in [4.78, 5) is 29.5. The van der Waals surface area contributed by atoms with Crippen LogP contribution in [0.3, 0.4) is 0 Å². The number of carbonyl (C=O) groups excluding carboxylic acids is 2. The lowest BCUT2D eigenvalue weighted by molar-refractivity contribution is -0.128. The second-order valence-electron chi connectivity index (χ2n) is 8.63. The van der Waals surface area contributed by atoms with Gasteiger partial charge in [-0.25, -0.2) is 0 Å². The van der Waals surface area contributed by atoms with Crippen LogP contribution in [0.1, 0.15) is 39.7 Å². The van der Waals surface area contributed by atoms with Crippen LogP contribution in [0.25, 0.3) is 0 Å². The zero-order chi connectivity index (χ0) is 23.5. The van der Waals surface area contributed by atoms with Crippen molar-refractivity contribution < 1.29 is 9.59 Å². The Bertz CT molecular complexity index is 1160. The average Bonchev–Trinajstić information content (AvgIpc) is 3.52. The van der Waals surface area contributed by atoms with Gasteiger partial charge in [0.05, 0.1) is 5.75 Å². The third kappa shape index (κ3) is 5.08. The van der Waals surface area contributed by atoms with Crippen LogP contribution in [-0.4, -0.2) is 35.6 Å². The van der Waals surface area contributed by atoms with Crippen molar-refractivity contribution in [1.29, 1.82) is 0 Å². The third-order valence-corrected chi connectivity index (χ3v) is 7.80. The van der Waals surface area contributed by atoms with Crippen molar-refractivity contribution in [3.63, 3.8) is 0 Å². The fourth-order valence-corrected chi connectivity index (χ4v) is 5.73. The van der Waals surface area contributed by atoms with Gasteiger partial charge in [0.15, 0.2) is 0 Å². The zero-order valence-electron chi connectivity index (χ0n) is 18.7. The molecule has 5 nitrogen and oxygen atoms in total. The summed E-state index contributed by atoms with van der Waals surface area (Å²) < 4.78 is 0. The minimum atomic E-state index is -0.145. The van der Waals surface area contributed by atoms with Crippen molar-refractivity contribution in [2.24, 2.45) is 0 Å². The van der Waals surface area contributed by atoms with E-state index >= 15 is 0 Å². The minimum absolute atomic E-state index is 0.0709. The Labute approximate surface area is 209 Å². The molecule has 0 saturated carbocycles. The molecular weight excluding hydrogens is 466 g/mol. The van der Waals surface area contributed by atoms with Crippen LogP contribution < -0.4 is 10.2 Å². The predicted molar refractivity (Wildman–Crippen MR) is 139 cm³/mol. The molecular formula is C27H26ClN3O2S. The van der Waals surface area contributed by atoms with E-state index in [0.29, 0.717) is 22.9 Å². The predicted octanol–water partition coefficient (Wildman–Crippen LogP) is 5.97. The molecule has 174 valence electrons. The largest absolute Gasteiger partial charge is 0.372 e. The number of benzene rings is 3. The number of anilines is 2. The summed E-state index contributed by atoms with van der Waals surface area (Å²) in [6, 6.07) is 23.1. The van der Waals surface area contributed by atoms with E-state index in [4.69, 9.17) is 11.6 Å². The van der Waals surface area contributed by atoms with Gasteiger partial charge in [-0.2, -0.15) is 0 Å². The van der Waals surface area contributed by atoms with Crippen molar-refractivity contribution in [1.82, 2.24) is 4.90 Å². The molecule has 3 aromatic carbocycles. The van der Waals surface area contributed by atoms with Crippen molar-refractivity contribution in [2.45, 2.75) is 24.8 Å². The molecule has 2 aliphatic heterocycles. The fourth-order valence-electron chi connectivity index (χ4n) is 4.42. The lowest BCUT2D eigenvalue weighted by Gasteiger charge is -2.24. The van der Waals surface area contributed by atoms with E-state index < -0.39 is 0 Å². The second kappa shape index (κ2) is 10.1. The van der Waals surface area contributed by atoms with E-state index in [-0.39, 0.29) is 17.2 Å². The lowest BCUT2D eigenvalue weighted by Crippen LogP contribution is -2.27. The molecule has 1 atom stereocenters. The Balaban J connectivity index is 1.24. The van der Waals surface area contributed by atoms with E-state index in [1.807, 2.05) is 65.6 Å². The molecule has 2 aliphatic rings. The van der Waals surface area contributed by atoms with Gasteiger partial charge in [-0.15, -0.1) is 11.8 Å². The molecule has 2 heterocycles. The quantitative estimate of drug-likeness (QED) is 0.461. The molecule has 2 amide bonds. The summed E-state index contributed by atoms with van der Waals surface area (Å²) in [5.41, 5.74) is 4.62. The van der Waals surface area contributed by atoms with Crippen molar-refractivity contribution >= 4 is 46.6 Å². The van der Waals surface area contributed by atoms with Crippen LogP contribution in [0, 0.1) is 0 Å². The van der Waals surface area contributed by atoms with Gasteiger partial charge in [0.25, 0.3) is 5.91 Å². The number of hydrogen-bond acceptors (Lipinski definition) is 4. The first-order valence-corrected chi connectivity index (χ1v) is 12.9. The molecule has 2 fully saturated rings. The van der Waals surface area contributed by atoms with E-state index in [9.17, 15) is 9.59 Å². The normalized spacial score (nSPS) is 17.9. The number of carbonyl (C=O) groups is 2. The molecule has 0 aromatic heterocycles. The summed E-state index contributed by atoms with van der Waals surface area (Å²) in [6.45, 7) is 2.73. The van der Waals surface area contributed by atoms with Crippen LogP contribution in [0.2, 0.25) is 5.02 Å². The van der Waals surface area contributed by atoms with Gasteiger partial charge in [-0.1, -0.05) is 35.9 Å². The Morgan fingerprint density at radius 1 is 0.941 bits per heavy atom. The van der Waals surface area contributed by atoms with Crippen LogP contribution in [-0.2, 0) is 11.3 Å². The van der Waals surface area contributed by atoms with Crippen molar-refractivity contribution in [2.75, 3.05) is 29.1 Å². The molecule has 3 aromatic rings. The maximum atomic E-state index is 12.8. The summed E-state index contributed by atoms with van der Waals surface area (Å²) >= 11 is 7.60. The van der Waals surface area contributed by atoms with E-state index in [2.05, 4.69) is 22.3 Å². The summed E-state index contributed by atoms with van der Waals surface area (Å²) in [5, 5.41) is 3.59. The zero-order valence-corrected chi connectivity index (χ0v) is 20.3. The highest BCUT2D eigenvalue weighted by molar-refractivity contribution is 8.00. The number of halogens is 1. The molecule has 0 spiro atoms. The maximum absolute atomic E-state index is 12.8. The molecule has 34 heavy (non-hydrogen) atoms. The molecule has 0 aliphatic carbocycles. The average molecular weight is 492 g/mol. The van der Waals surface area contributed by atoms with Gasteiger partial charge in [0.1, 0.15) is 5.37 Å². The lowest BCUT2D eigenvalue weighted by atomic mass is 10.1. The number of thioether (sulfide) groups is 1. The highest BCUT2D eigenvalue weighted by atomic mass is 35.5. The third-order valence-electron chi connectivity index (χ3n) is 6.29. The first kappa shape index (κ1) is 22.8. The van der Waals surface area contributed by atoms with Gasteiger partial charge in [-0.3, -0.25) is 9.59 Å². The topological polar surface area (TPSA) is 52.7 Å². The Morgan fingerprint density at radius 2 is 1.62 bits per heavy atom. The Hall–Kier alpha value is -2.96. The molecule has 7 heteroatoms. The monoisotopic (exact) mass is 491 g/mol. The van der Waals surface area contributed by atoms with Gasteiger partial charge in [-0.05, 0) is 72.5 Å². The second-order valence-corrected chi connectivity index (χ2v) is 10.1. The SMILES string of the molecule is O=C(Nc1ccc(N2CCCC2)cc1)c1ccc([C@H]2SCC(=O)N2Cc2ccc(Cl)cc2)cc1. The summed E-state index contributed by atoms with van der Waals surface area (Å²) in [6.07, 6.45) is 2.47. The Morgan fingerprint density at radius 3 is 2.29 bits per heavy atom. The summed E-state index contributed by atoms with van der Waals surface area (Å²) in [5.74, 6) is 0.422. The molecule has 0 unspecified atom stereocenters. The van der Waals surface area contributed by atoms with Crippen LogP contribution in [0.15, 0.2) is 72.8 Å². The Kier molecular flexibility index (Phi) is 6.79. The van der Waals surface area contributed by atoms with Crippen LogP contribution >= 0.6 is 23.4 Å². The van der Waals surface area contributed by atoms with Crippen molar-refractivity contribution in [3.05, 3.63) is 94.5 Å². The van der Waals surface area contributed by atoms with Crippen LogP contribution in [0.5, 0.6) is 0 Å². The summed E-state index contributed by atoms with van der Waals surface area (Å²) in [7, 11) is 0. The number of nitrogens with one attached hydrogen (secondary N) is 1. The smallest absolute Gasteiger partial charge is 0.255 e. The number of rotatable bonds is 6. The highest BCUT2D eigenvalue weighted by Gasteiger charge is 2.32. The van der Waals surface area contributed by atoms with Gasteiger partial charge >= 0.3 is 0 Å². The van der Waals surface area contributed by atoms with E-state index in [1.54, 1.807) is 11.8 Å². The molecule has 2 saturated heterocycles. The number of amides is 2. The van der Waals surface area contributed by atoms with E-state index in [1.165, 1.54) is 18.5 Å². The first-order chi connectivity index (χ1) is 16.6. The van der Waals surface area contributed by atoms with Gasteiger partial charge in [0.2, 0.25) is 5.91 Å². The van der Waals surface area contributed by atoms with Crippen LogP contribution in [0.4, 0.5) is 11.4 Å². The first-order valence-electron chi connectivity index (χ1n) is 11.5. The standard InChI is InChI=1S/C27H26ClN3O2S/c28-22-9-3-19(4-10-22)17-31-25(32)18-34-27(31)21-7-5-20(6-8-21)26(33)29-23-11-13-24(14-12-23)30-15-1-2-16-30/h3-14,27H,1-2,15-18H2,(H,29,33)/t27-/m1/s1. The number of nitrogens with zero attached hydrogens (tertiary/aromatic N) is 2. The molecule has 0 radical (unpaired) electrons. The highest BCUT2D eigenvalue weighted by Crippen LogP contribution is 2.39. The van der Waals surface area contributed by atoms with Crippen molar-refractivity contribution in [3.8, 4) is 0 Å².